The molecule has 2 aromatic heterocycles. The highest BCUT2D eigenvalue weighted by Gasteiger charge is 2.16. The van der Waals surface area contributed by atoms with E-state index in [-0.39, 0.29) is 12.5 Å². The molecule has 8 heteroatoms. The van der Waals surface area contributed by atoms with Crippen molar-refractivity contribution >= 4 is 23.8 Å². The average Bonchev–Trinajstić information content (AvgIpc) is 3.40. The highest BCUT2D eigenvalue weighted by molar-refractivity contribution is 7.71. The summed E-state index contributed by atoms with van der Waals surface area (Å²) >= 11 is 5.69. The van der Waals surface area contributed by atoms with E-state index in [0.29, 0.717) is 11.2 Å². The van der Waals surface area contributed by atoms with Gasteiger partial charge >= 0.3 is 0 Å². The summed E-state index contributed by atoms with van der Waals surface area (Å²) in [6.45, 7) is 3.97. The monoisotopic (exact) mass is 447 g/mol. The van der Waals surface area contributed by atoms with Crippen molar-refractivity contribution in [2.45, 2.75) is 26.8 Å². The fourth-order valence-corrected chi connectivity index (χ4v) is 3.91. The van der Waals surface area contributed by atoms with E-state index in [4.69, 9.17) is 22.1 Å². The maximum absolute atomic E-state index is 12.8. The summed E-state index contributed by atoms with van der Waals surface area (Å²) in [6.07, 6.45) is 4.35. The van der Waals surface area contributed by atoms with Crippen molar-refractivity contribution in [2.24, 2.45) is 0 Å². The molecule has 0 atom stereocenters. The quantitative estimate of drug-likeness (QED) is 0.427. The lowest BCUT2D eigenvalue weighted by molar-refractivity contribution is -0.116. The number of hydrogen-bond acceptors (Lipinski definition) is 4. The van der Waals surface area contributed by atoms with Gasteiger partial charge in [0.25, 0.3) is 0 Å². The first-order valence-corrected chi connectivity index (χ1v) is 10.7. The molecule has 2 heterocycles. The maximum Gasteiger partial charge on any atom is 0.246 e. The molecule has 0 saturated heterocycles. The summed E-state index contributed by atoms with van der Waals surface area (Å²) in [5.74, 6) is 1.35. The number of methoxy groups -OCH3 is 1. The molecule has 0 spiro atoms. The maximum atomic E-state index is 12.8. The smallest absolute Gasteiger partial charge is 0.246 e. The molecule has 164 valence electrons. The summed E-state index contributed by atoms with van der Waals surface area (Å²) in [6, 6.07) is 17.6. The zero-order valence-electron chi connectivity index (χ0n) is 18.3. The molecule has 1 amide bonds. The van der Waals surface area contributed by atoms with Gasteiger partial charge in [0.15, 0.2) is 5.82 Å². The minimum Gasteiger partial charge on any atom is -0.497 e. The Labute approximate surface area is 191 Å². The Kier molecular flexibility index (Phi) is 6.23. The van der Waals surface area contributed by atoms with Gasteiger partial charge in [-0.3, -0.25) is 9.47 Å². The van der Waals surface area contributed by atoms with Gasteiger partial charge in [-0.15, -0.1) is 0 Å². The largest absolute Gasteiger partial charge is 0.497 e. The number of nitrogens with zero attached hydrogens (tertiary/aromatic N) is 4. The number of carbonyl (C=O) groups is 1. The zero-order chi connectivity index (χ0) is 22.7. The summed E-state index contributed by atoms with van der Waals surface area (Å²) in [5, 5.41) is 7.70. The Morgan fingerprint density at radius 1 is 1.03 bits per heavy atom. The number of benzene rings is 2. The van der Waals surface area contributed by atoms with E-state index >= 15 is 0 Å². The molecule has 0 unspecified atom stereocenters. The van der Waals surface area contributed by atoms with Gasteiger partial charge in [0, 0.05) is 24.5 Å². The summed E-state index contributed by atoms with van der Waals surface area (Å²) in [5.41, 5.74) is 3.92. The van der Waals surface area contributed by atoms with Crippen LogP contribution in [0.4, 0.5) is 5.69 Å². The van der Waals surface area contributed by atoms with Crippen molar-refractivity contribution in [1.29, 1.82) is 0 Å². The third-order valence-electron chi connectivity index (χ3n) is 5.26. The molecule has 0 aliphatic rings. The number of carbonyl (C=O) groups excluding carboxylic acids is 1. The van der Waals surface area contributed by atoms with Gasteiger partial charge in [0.1, 0.15) is 12.3 Å². The first-order valence-electron chi connectivity index (χ1n) is 10.3. The summed E-state index contributed by atoms with van der Waals surface area (Å²) in [4.78, 5) is 12.8. The Bertz CT molecular complexity index is 1270. The first kappa shape index (κ1) is 21.6. The molecular weight excluding hydrogens is 422 g/mol. The van der Waals surface area contributed by atoms with Crippen LogP contribution in [-0.4, -0.2) is 32.1 Å². The molecule has 0 radical (unpaired) electrons. The second-order valence-electron chi connectivity index (χ2n) is 7.57. The minimum atomic E-state index is -0.174. The van der Waals surface area contributed by atoms with E-state index in [1.165, 1.54) is 0 Å². The number of anilines is 1. The van der Waals surface area contributed by atoms with Crippen molar-refractivity contribution in [2.75, 3.05) is 12.4 Å². The van der Waals surface area contributed by atoms with Crippen LogP contribution >= 0.6 is 12.2 Å². The number of aromatic nitrogens is 4. The van der Waals surface area contributed by atoms with Crippen LogP contribution in [0.25, 0.3) is 0 Å². The van der Waals surface area contributed by atoms with E-state index in [1.807, 2.05) is 90.2 Å². The minimum absolute atomic E-state index is 0.0243. The van der Waals surface area contributed by atoms with Crippen LogP contribution in [0.15, 0.2) is 67.0 Å². The number of para-hydroxylation sites is 1. The lowest BCUT2D eigenvalue weighted by atomic mass is 10.1. The van der Waals surface area contributed by atoms with Gasteiger partial charge in [-0.25, -0.2) is 9.36 Å². The predicted octanol–water partition coefficient (Wildman–Crippen LogP) is 4.38. The van der Waals surface area contributed by atoms with Crippen molar-refractivity contribution in [3.63, 3.8) is 0 Å². The van der Waals surface area contributed by atoms with Crippen LogP contribution in [0.5, 0.6) is 5.75 Å². The Morgan fingerprint density at radius 2 is 1.69 bits per heavy atom. The number of amides is 1. The number of rotatable bonds is 7. The van der Waals surface area contributed by atoms with Gasteiger partial charge in [-0.1, -0.05) is 30.3 Å². The molecule has 7 nitrogen and oxygen atoms in total. The molecule has 1 N–H and O–H groups in total. The SMILES string of the molecule is COc1ccc(Cc2nn(CC(=O)Nc3c(C)cccc3C)c(=S)n2-n2cccc2)cc1. The summed E-state index contributed by atoms with van der Waals surface area (Å²) in [7, 11) is 1.64. The second-order valence-corrected chi connectivity index (χ2v) is 7.94. The van der Waals surface area contributed by atoms with Gasteiger partial charge < -0.3 is 10.1 Å². The molecule has 4 aromatic rings. The van der Waals surface area contributed by atoms with Crippen molar-refractivity contribution in [1.82, 2.24) is 19.1 Å². The lowest BCUT2D eigenvalue weighted by Crippen LogP contribution is -2.21. The van der Waals surface area contributed by atoms with Gasteiger partial charge in [-0.05, 0) is 67.0 Å². The predicted molar refractivity (Wildman–Crippen MR) is 127 cm³/mol. The van der Waals surface area contributed by atoms with Gasteiger partial charge in [0.2, 0.25) is 10.7 Å². The molecule has 0 aliphatic heterocycles. The van der Waals surface area contributed by atoms with Crippen LogP contribution in [0.2, 0.25) is 0 Å². The number of nitrogens with one attached hydrogen (secondary N) is 1. The highest BCUT2D eigenvalue weighted by atomic mass is 32.1. The van der Waals surface area contributed by atoms with Crippen molar-refractivity contribution in [3.05, 3.63) is 94.3 Å². The molecule has 0 saturated carbocycles. The lowest BCUT2D eigenvalue weighted by Gasteiger charge is -2.11. The van der Waals surface area contributed by atoms with Crippen LogP contribution in [0, 0.1) is 18.6 Å². The Hall–Kier alpha value is -3.65. The molecule has 0 bridgehead atoms. The van der Waals surface area contributed by atoms with E-state index in [9.17, 15) is 4.79 Å². The first-order chi connectivity index (χ1) is 15.5. The average molecular weight is 448 g/mol. The second kappa shape index (κ2) is 9.23. The van der Waals surface area contributed by atoms with Gasteiger partial charge in [-0.2, -0.15) is 5.10 Å². The fraction of sp³-hybridized carbons (Fsp3) is 0.208. The number of ether oxygens (including phenoxy) is 1. The van der Waals surface area contributed by atoms with E-state index in [0.717, 1.165) is 34.0 Å². The molecule has 0 aliphatic carbocycles. The highest BCUT2D eigenvalue weighted by Crippen LogP contribution is 2.20. The van der Waals surface area contributed by atoms with Crippen molar-refractivity contribution in [3.8, 4) is 5.75 Å². The topological polar surface area (TPSA) is 66.0 Å². The molecule has 0 fully saturated rings. The van der Waals surface area contributed by atoms with Crippen LogP contribution in [0.1, 0.15) is 22.5 Å². The molecule has 4 rings (SSSR count). The third kappa shape index (κ3) is 4.50. The summed E-state index contributed by atoms with van der Waals surface area (Å²) < 4.78 is 11.0. The number of aryl methyl sites for hydroxylation is 2. The fourth-order valence-electron chi connectivity index (χ4n) is 3.60. The Morgan fingerprint density at radius 3 is 2.31 bits per heavy atom. The van der Waals surface area contributed by atoms with Crippen LogP contribution in [0.3, 0.4) is 0 Å². The molecule has 2 aromatic carbocycles. The van der Waals surface area contributed by atoms with Crippen LogP contribution < -0.4 is 10.1 Å². The standard InChI is InChI=1S/C24H25N5O2S/c1-17-7-6-8-18(2)23(17)25-22(30)16-28-24(32)29(27-13-4-5-14-27)21(26-28)15-19-9-11-20(31-3)12-10-19/h4-14H,15-16H2,1-3H3,(H,25,30). The van der Waals surface area contributed by atoms with E-state index in [2.05, 4.69) is 5.32 Å². The third-order valence-corrected chi connectivity index (χ3v) is 5.65. The zero-order valence-corrected chi connectivity index (χ0v) is 19.1. The van der Waals surface area contributed by atoms with Crippen LogP contribution in [-0.2, 0) is 17.8 Å². The van der Waals surface area contributed by atoms with E-state index in [1.54, 1.807) is 11.8 Å². The normalized spacial score (nSPS) is 10.8. The number of hydrogen-bond donors (Lipinski definition) is 1. The van der Waals surface area contributed by atoms with E-state index < -0.39 is 0 Å². The molecule has 32 heavy (non-hydrogen) atoms. The van der Waals surface area contributed by atoms with Crippen molar-refractivity contribution < 1.29 is 9.53 Å². The molecular formula is C24H25N5O2S. The van der Waals surface area contributed by atoms with Gasteiger partial charge in [0.05, 0.1) is 7.11 Å². The Balaban J connectivity index is 1.63.